The van der Waals surface area contributed by atoms with E-state index in [1.54, 1.807) is 0 Å². The first kappa shape index (κ1) is 10.7. The van der Waals surface area contributed by atoms with Gasteiger partial charge in [0.1, 0.15) is 9.84 Å². The molecule has 0 heterocycles. The molecular formula is C9H11BrO2S. The summed E-state index contributed by atoms with van der Waals surface area (Å²) in [6.45, 7) is 0. The van der Waals surface area contributed by atoms with Crippen LogP contribution >= 0.6 is 15.9 Å². The molecule has 0 amide bonds. The SMILES string of the molecule is CS(=O)(=O)CCc1ccccc1Br. The molecule has 72 valence electrons. The summed E-state index contributed by atoms with van der Waals surface area (Å²) in [5.74, 6) is 0.204. The van der Waals surface area contributed by atoms with Crippen molar-refractivity contribution in [2.45, 2.75) is 6.42 Å². The van der Waals surface area contributed by atoms with E-state index in [-0.39, 0.29) is 5.75 Å². The molecule has 2 nitrogen and oxygen atoms in total. The number of hydrogen-bond acceptors (Lipinski definition) is 2. The molecule has 0 aromatic heterocycles. The van der Waals surface area contributed by atoms with E-state index in [0.717, 1.165) is 10.0 Å². The Morgan fingerprint density at radius 1 is 1.31 bits per heavy atom. The number of aryl methyl sites for hydroxylation is 1. The van der Waals surface area contributed by atoms with E-state index in [4.69, 9.17) is 0 Å². The highest BCUT2D eigenvalue weighted by molar-refractivity contribution is 9.10. The molecule has 0 atom stereocenters. The van der Waals surface area contributed by atoms with E-state index >= 15 is 0 Å². The molecule has 0 radical (unpaired) electrons. The fraction of sp³-hybridized carbons (Fsp3) is 0.333. The minimum absolute atomic E-state index is 0.204. The first-order valence-corrected chi connectivity index (χ1v) is 6.75. The smallest absolute Gasteiger partial charge is 0.147 e. The minimum Gasteiger partial charge on any atom is -0.229 e. The minimum atomic E-state index is -2.86. The van der Waals surface area contributed by atoms with Crippen LogP contribution in [-0.2, 0) is 16.3 Å². The Hall–Kier alpha value is -0.350. The van der Waals surface area contributed by atoms with Gasteiger partial charge in [-0.25, -0.2) is 8.42 Å². The molecule has 4 heteroatoms. The predicted octanol–water partition coefficient (Wildman–Crippen LogP) is 2.04. The van der Waals surface area contributed by atoms with Crippen LogP contribution in [0.2, 0.25) is 0 Å². The van der Waals surface area contributed by atoms with Crippen molar-refractivity contribution < 1.29 is 8.42 Å². The molecule has 0 unspecified atom stereocenters. The average molecular weight is 263 g/mol. The third kappa shape index (κ3) is 3.91. The van der Waals surface area contributed by atoms with Gasteiger partial charge in [0, 0.05) is 10.7 Å². The quantitative estimate of drug-likeness (QED) is 0.836. The predicted molar refractivity (Wildman–Crippen MR) is 57.6 cm³/mol. The van der Waals surface area contributed by atoms with Crippen LogP contribution in [0.25, 0.3) is 0 Å². The fourth-order valence-electron chi connectivity index (χ4n) is 0.996. The van der Waals surface area contributed by atoms with Crippen LogP contribution in [0.5, 0.6) is 0 Å². The molecule has 0 saturated carbocycles. The lowest BCUT2D eigenvalue weighted by Gasteiger charge is -2.02. The van der Waals surface area contributed by atoms with Crippen LogP contribution in [0, 0.1) is 0 Å². The average Bonchev–Trinajstić information content (AvgIpc) is 2.01. The lowest BCUT2D eigenvalue weighted by Crippen LogP contribution is -2.06. The van der Waals surface area contributed by atoms with Crippen LogP contribution in [0.4, 0.5) is 0 Å². The third-order valence-corrected chi connectivity index (χ3v) is 3.42. The maximum atomic E-state index is 10.9. The largest absolute Gasteiger partial charge is 0.229 e. The summed E-state index contributed by atoms with van der Waals surface area (Å²) in [5.41, 5.74) is 1.04. The van der Waals surface area contributed by atoms with Crippen LogP contribution in [0.3, 0.4) is 0 Å². The molecule has 13 heavy (non-hydrogen) atoms. The second-order valence-electron chi connectivity index (χ2n) is 2.97. The van der Waals surface area contributed by atoms with Crippen molar-refractivity contribution in [1.82, 2.24) is 0 Å². The summed E-state index contributed by atoms with van der Waals surface area (Å²) < 4.78 is 22.8. The Balaban J connectivity index is 2.71. The fourth-order valence-corrected chi connectivity index (χ4v) is 2.07. The van der Waals surface area contributed by atoms with Gasteiger partial charge in [-0.05, 0) is 18.1 Å². The van der Waals surface area contributed by atoms with E-state index in [0.29, 0.717) is 6.42 Å². The second kappa shape index (κ2) is 4.24. The summed E-state index contributed by atoms with van der Waals surface area (Å²) in [7, 11) is -2.86. The van der Waals surface area contributed by atoms with Crippen molar-refractivity contribution in [3.8, 4) is 0 Å². The van der Waals surface area contributed by atoms with Gasteiger partial charge in [0.25, 0.3) is 0 Å². The topological polar surface area (TPSA) is 34.1 Å². The van der Waals surface area contributed by atoms with E-state index < -0.39 is 9.84 Å². The standard InChI is InChI=1S/C9H11BrO2S/c1-13(11,12)7-6-8-4-2-3-5-9(8)10/h2-5H,6-7H2,1H3. The molecule has 1 rings (SSSR count). The lowest BCUT2D eigenvalue weighted by atomic mass is 10.2. The Labute approximate surface area is 87.0 Å². The van der Waals surface area contributed by atoms with Crippen LogP contribution in [0.15, 0.2) is 28.7 Å². The molecular weight excluding hydrogens is 252 g/mol. The Bertz CT molecular complexity index is 384. The number of halogens is 1. The van der Waals surface area contributed by atoms with Gasteiger partial charge in [-0.1, -0.05) is 34.1 Å². The van der Waals surface area contributed by atoms with Gasteiger partial charge >= 0.3 is 0 Å². The monoisotopic (exact) mass is 262 g/mol. The van der Waals surface area contributed by atoms with Crippen molar-refractivity contribution in [3.05, 3.63) is 34.3 Å². The molecule has 1 aromatic carbocycles. The van der Waals surface area contributed by atoms with Crippen molar-refractivity contribution in [2.75, 3.05) is 12.0 Å². The van der Waals surface area contributed by atoms with Gasteiger partial charge in [-0.15, -0.1) is 0 Å². The molecule has 0 bridgehead atoms. The van der Waals surface area contributed by atoms with E-state index in [1.165, 1.54) is 6.26 Å². The van der Waals surface area contributed by atoms with E-state index in [1.807, 2.05) is 24.3 Å². The Morgan fingerprint density at radius 3 is 2.46 bits per heavy atom. The summed E-state index contributed by atoms with van der Waals surface area (Å²) in [6, 6.07) is 7.66. The van der Waals surface area contributed by atoms with Crippen molar-refractivity contribution in [3.63, 3.8) is 0 Å². The summed E-state index contributed by atoms with van der Waals surface area (Å²) >= 11 is 3.37. The Morgan fingerprint density at radius 2 is 1.92 bits per heavy atom. The van der Waals surface area contributed by atoms with E-state index in [2.05, 4.69) is 15.9 Å². The van der Waals surface area contributed by atoms with Gasteiger partial charge < -0.3 is 0 Å². The first-order chi connectivity index (χ1) is 5.99. The summed E-state index contributed by atoms with van der Waals surface area (Å²) in [4.78, 5) is 0. The van der Waals surface area contributed by atoms with Crippen LogP contribution in [-0.4, -0.2) is 20.4 Å². The third-order valence-electron chi connectivity index (χ3n) is 1.70. The highest BCUT2D eigenvalue weighted by Crippen LogP contribution is 2.16. The molecule has 0 aliphatic heterocycles. The van der Waals surface area contributed by atoms with Crippen LogP contribution in [0.1, 0.15) is 5.56 Å². The number of hydrogen-bond donors (Lipinski definition) is 0. The highest BCUT2D eigenvalue weighted by atomic mass is 79.9. The zero-order valence-electron chi connectivity index (χ0n) is 7.33. The second-order valence-corrected chi connectivity index (χ2v) is 6.09. The number of rotatable bonds is 3. The maximum Gasteiger partial charge on any atom is 0.147 e. The zero-order valence-corrected chi connectivity index (χ0v) is 9.73. The normalized spacial score (nSPS) is 11.5. The molecule has 0 saturated heterocycles. The van der Waals surface area contributed by atoms with E-state index in [9.17, 15) is 8.42 Å². The van der Waals surface area contributed by atoms with Gasteiger partial charge in [-0.3, -0.25) is 0 Å². The maximum absolute atomic E-state index is 10.9. The highest BCUT2D eigenvalue weighted by Gasteiger charge is 2.04. The van der Waals surface area contributed by atoms with Crippen molar-refractivity contribution in [2.24, 2.45) is 0 Å². The lowest BCUT2D eigenvalue weighted by molar-refractivity contribution is 0.601. The molecule has 0 aliphatic rings. The van der Waals surface area contributed by atoms with Gasteiger partial charge in [-0.2, -0.15) is 0 Å². The number of benzene rings is 1. The Kier molecular flexibility index (Phi) is 3.50. The molecule has 0 N–H and O–H groups in total. The summed E-state index contributed by atoms with van der Waals surface area (Å²) in [6.07, 6.45) is 1.82. The molecule has 1 aromatic rings. The zero-order chi connectivity index (χ0) is 9.90. The summed E-state index contributed by atoms with van der Waals surface area (Å²) in [5, 5.41) is 0. The molecule has 0 spiro atoms. The molecule has 0 aliphatic carbocycles. The van der Waals surface area contributed by atoms with Gasteiger partial charge in [0.15, 0.2) is 0 Å². The van der Waals surface area contributed by atoms with Crippen LogP contribution < -0.4 is 0 Å². The van der Waals surface area contributed by atoms with Gasteiger partial charge in [0.05, 0.1) is 5.75 Å². The van der Waals surface area contributed by atoms with Crippen molar-refractivity contribution >= 4 is 25.8 Å². The van der Waals surface area contributed by atoms with Gasteiger partial charge in [0.2, 0.25) is 0 Å². The first-order valence-electron chi connectivity index (χ1n) is 3.90. The molecule has 0 fully saturated rings. The number of sulfone groups is 1. The van der Waals surface area contributed by atoms with Crippen molar-refractivity contribution in [1.29, 1.82) is 0 Å².